The van der Waals surface area contributed by atoms with Gasteiger partial charge in [0.2, 0.25) is 5.91 Å². The second kappa shape index (κ2) is 8.68. The summed E-state index contributed by atoms with van der Waals surface area (Å²) in [4.78, 5) is 30.0. The first-order chi connectivity index (χ1) is 11.5. The molecule has 6 nitrogen and oxygen atoms in total. The zero-order chi connectivity index (χ0) is 17.5. The van der Waals surface area contributed by atoms with E-state index in [2.05, 4.69) is 0 Å². The molecule has 0 bridgehead atoms. The summed E-state index contributed by atoms with van der Waals surface area (Å²) in [5, 5.41) is 0. The van der Waals surface area contributed by atoms with Gasteiger partial charge in [-0.2, -0.15) is 0 Å². The van der Waals surface area contributed by atoms with Gasteiger partial charge in [0.05, 0.1) is 6.54 Å². The minimum atomic E-state index is -0.0301. The number of amides is 2. The molecule has 0 aromatic heterocycles. The molecule has 2 rings (SSSR count). The number of aryl methyl sites for hydroxylation is 1. The Hall–Kier alpha value is -2.08. The van der Waals surface area contributed by atoms with Crippen LogP contribution in [0.4, 0.5) is 0 Å². The minimum absolute atomic E-state index is 0.0301. The molecular weight excluding hydrogens is 306 g/mol. The molecule has 0 spiro atoms. The van der Waals surface area contributed by atoms with Crippen molar-refractivity contribution in [2.45, 2.75) is 13.3 Å². The van der Waals surface area contributed by atoms with Gasteiger partial charge in [0.1, 0.15) is 5.75 Å². The SMILES string of the molecule is Cc1ccc(OCC(=O)N2CCCN(C(=O)CN(C)C)CC2)cc1. The molecule has 0 unspecified atom stereocenters. The van der Waals surface area contributed by atoms with Gasteiger partial charge in [-0.25, -0.2) is 0 Å². The topological polar surface area (TPSA) is 53.1 Å². The fraction of sp³-hybridized carbons (Fsp3) is 0.556. The monoisotopic (exact) mass is 333 g/mol. The van der Waals surface area contributed by atoms with Crippen LogP contribution in [0.5, 0.6) is 5.75 Å². The lowest BCUT2D eigenvalue weighted by Gasteiger charge is -2.23. The molecule has 6 heteroatoms. The molecule has 2 amide bonds. The Bertz CT molecular complexity index is 557. The molecule has 132 valence electrons. The maximum absolute atomic E-state index is 12.3. The molecule has 1 fully saturated rings. The van der Waals surface area contributed by atoms with E-state index in [0.717, 1.165) is 12.0 Å². The average Bonchev–Trinajstić information content (AvgIpc) is 2.79. The van der Waals surface area contributed by atoms with Crippen LogP contribution in [-0.2, 0) is 9.59 Å². The van der Waals surface area contributed by atoms with E-state index in [-0.39, 0.29) is 18.4 Å². The van der Waals surface area contributed by atoms with E-state index in [1.165, 1.54) is 0 Å². The molecule has 1 heterocycles. The zero-order valence-corrected chi connectivity index (χ0v) is 14.8. The highest BCUT2D eigenvalue weighted by atomic mass is 16.5. The minimum Gasteiger partial charge on any atom is -0.484 e. The van der Waals surface area contributed by atoms with Crippen LogP contribution in [-0.4, -0.2) is 79.9 Å². The van der Waals surface area contributed by atoms with Crippen LogP contribution in [0, 0.1) is 6.92 Å². The Balaban J connectivity index is 1.81. The Labute approximate surface area is 144 Å². The number of carbonyl (C=O) groups is 2. The molecule has 1 aliphatic rings. The van der Waals surface area contributed by atoms with Crippen molar-refractivity contribution in [2.75, 3.05) is 53.4 Å². The third kappa shape index (κ3) is 5.53. The summed E-state index contributed by atoms with van der Waals surface area (Å²) in [7, 11) is 3.77. The predicted octanol–water partition coefficient (Wildman–Crippen LogP) is 0.996. The number of nitrogens with zero attached hydrogens (tertiary/aromatic N) is 3. The van der Waals surface area contributed by atoms with Gasteiger partial charge < -0.3 is 19.4 Å². The van der Waals surface area contributed by atoms with Gasteiger partial charge in [0.25, 0.3) is 5.91 Å². The van der Waals surface area contributed by atoms with Crippen molar-refractivity contribution in [3.63, 3.8) is 0 Å². The van der Waals surface area contributed by atoms with Crippen molar-refractivity contribution >= 4 is 11.8 Å². The number of likely N-dealkylation sites (N-methyl/N-ethyl adjacent to an activating group) is 1. The fourth-order valence-corrected chi connectivity index (χ4v) is 2.66. The Morgan fingerprint density at radius 3 is 2.17 bits per heavy atom. The molecule has 24 heavy (non-hydrogen) atoms. The number of ether oxygens (including phenoxy) is 1. The van der Waals surface area contributed by atoms with Crippen LogP contribution in [0.2, 0.25) is 0 Å². The Morgan fingerprint density at radius 1 is 1.00 bits per heavy atom. The molecule has 1 aromatic rings. The van der Waals surface area contributed by atoms with Crippen molar-refractivity contribution in [2.24, 2.45) is 0 Å². The van der Waals surface area contributed by atoms with Gasteiger partial charge in [0.15, 0.2) is 6.61 Å². The summed E-state index contributed by atoms with van der Waals surface area (Å²) in [5.41, 5.74) is 1.16. The van der Waals surface area contributed by atoms with Gasteiger partial charge in [0, 0.05) is 26.2 Å². The first-order valence-electron chi connectivity index (χ1n) is 8.35. The van der Waals surface area contributed by atoms with Crippen LogP contribution in [0.25, 0.3) is 0 Å². The number of rotatable bonds is 5. The van der Waals surface area contributed by atoms with Gasteiger partial charge in [-0.3, -0.25) is 9.59 Å². The molecular formula is C18H27N3O3. The standard InChI is InChI=1S/C18H27N3O3/c1-15-5-7-16(8-6-15)24-14-18(23)21-10-4-9-20(11-12-21)17(22)13-19(2)3/h5-8H,4,9-14H2,1-3H3. The quantitative estimate of drug-likeness (QED) is 0.807. The lowest BCUT2D eigenvalue weighted by atomic mass is 10.2. The van der Waals surface area contributed by atoms with E-state index in [1.807, 2.05) is 55.1 Å². The molecule has 0 N–H and O–H groups in total. The number of hydrogen-bond acceptors (Lipinski definition) is 4. The van der Waals surface area contributed by atoms with Crippen molar-refractivity contribution in [1.29, 1.82) is 0 Å². The summed E-state index contributed by atoms with van der Waals surface area (Å²) in [6, 6.07) is 7.65. The van der Waals surface area contributed by atoms with Crippen molar-refractivity contribution < 1.29 is 14.3 Å². The summed E-state index contributed by atoms with van der Waals surface area (Å²) in [6.45, 7) is 4.98. The lowest BCUT2D eigenvalue weighted by molar-refractivity contribution is -0.135. The van der Waals surface area contributed by atoms with Crippen LogP contribution >= 0.6 is 0 Å². The van der Waals surface area contributed by atoms with Crippen LogP contribution in [0.15, 0.2) is 24.3 Å². The number of hydrogen-bond donors (Lipinski definition) is 0. The normalized spacial score (nSPS) is 15.3. The summed E-state index contributed by atoms with van der Waals surface area (Å²) in [6.07, 6.45) is 0.801. The first kappa shape index (κ1) is 18.3. The fourth-order valence-electron chi connectivity index (χ4n) is 2.66. The maximum Gasteiger partial charge on any atom is 0.260 e. The van der Waals surface area contributed by atoms with Crippen molar-refractivity contribution in [3.8, 4) is 5.75 Å². The van der Waals surface area contributed by atoms with E-state index in [0.29, 0.717) is 38.5 Å². The largest absolute Gasteiger partial charge is 0.484 e. The predicted molar refractivity (Wildman–Crippen MR) is 93.0 cm³/mol. The third-order valence-electron chi connectivity index (χ3n) is 4.04. The highest BCUT2D eigenvalue weighted by Gasteiger charge is 2.22. The molecule has 1 aromatic carbocycles. The smallest absolute Gasteiger partial charge is 0.260 e. The van der Waals surface area contributed by atoms with Crippen LogP contribution in [0.3, 0.4) is 0 Å². The number of benzene rings is 1. The summed E-state index contributed by atoms with van der Waals surface area (Å²) >= 11 is 0. The lowest BCUT2D eigenvalue weighted by Crippen LogP contribution is -2.41. The molecule has 0 saturated carbocycles. The average molecular weight is 333 g/mol. The molecule has 1 aliphatic heterocycles. The van der Waals surface area contributed by atoms with Crippen molar-refractivity contribution in [3.05, 3.63) is 29.8 Å². The number of carbonyl (C=O) groups excluding carboxylic acids is 2. The van der Waals surface area contributed by atoms with Crippen LogP contribution < -0.4 is 4.74 Å². The van der Waals surface area contributed by atoms with Gasteiger partial charge in [-0.05, 0) is 39.6 Å². The highest BCUT2D eigenvalue weighted by Crippen LogP contribution is 2.12. The first-order valence-corrected chi connectivity index (χ1v) is 8.35. The molecule has 0 atom stereocenters. The zero-order valence-electron chi connectivity index (χ0n) is 14.8. The summed E-state index contributed by atoms with van der Waals surface area (Å²) < 4.78 is 5.57. The Kier molecular flexibility index (Phi) is 6.61. The molecule has 0 radical (unpaired) electrons. The molecule has 0 aliphatic carbocycles. The summed E-state index contributed by atoms with van der Waals surface area (Å²) in [5.74, 6) is 0.786. The van der Waals surface area contributed by atoms with E-state index >= 15 is 0 Å². The molecule has 1 saturated heterocycles. The highest BCUT2D eigenvalue weighted by molar-refractivity contribution is 5.79. The van der Waals surface area contributed by atoms with Gasteiger partial charge >= 0.3 is 0 Å². The maximum atomic E-state index is 12.3. The third-order valence-corrected chi connectivity index (χ3v) is 4.04. The van der Waals surface area contributed by atoms with Crippen LogP contribution in [0.1, 0.15) is 12.0 Å². The van der Waals surface area contributed by atoms with E-state index in [9.17, 15) is 9.59 Å². The van der Waals surface area contributed by atoms with Crippen molar-refractivity contribution in [1.82, 2.24) is 14.7 Å². The Morgan fingerprint density at radius 2 is 1.58 bits per heavy atom. The second-order valence-corrected chi connectivity index (χ2v) is 6.45. The van der Waals surface area contributed by atoms with E-state index < -0.39 is 0 Å². The van der Waals surface area contributed by atoms with Gasteiger partial charge in [-0.1, -0.05) is 17.7 Å². The van der Waals surface area contributed by atoms with E-state index in [4.69, 9.17) is 4.74 Å². The second-order valence-electron chi connectivity index (χ2n) is 6.45. The van der Waals surface area contributed by atoms with Gasteiger partial charge in [-0.15, -0.1) is 0 Å². The van der Waals surface area contributed by atoms with E-state index in [1.54, 1.807) is 4.90 Å².